The monoisotopic (exact) mass is 209 g/mol. The topological polar surface area (TPSA) is 29.1 Å². The van der Waals surface area contributed by atoms with Gasteiger partial charge in [0.1, 0.15) is 5.82 Å². The van der Waals surface area contributed by atoms with Crippen LogP contribution in [-0.2, 0) is 10.2 Å². The predicted molar refractivity (Wildman–Crippen MR) is 58.1 cm³/mol. The lowest BCUT2D eigenvalue weighted by molar-refractivity contribution is -0.119. The number of benzene rings is 1. The van der Waals surface area contributed by atoms with Crippen molar-refractivity contribution in [3.8, 4) is 0 Å². The molecule has 0 saturated carbocycles. The summed E-state index contributed by atoms with van der Waals surface area (Å²) in [6.07, 6.45) is 0. The fraction of sp³-hybridized carbons (Fsp3) is 0.417. The maximum atomic E-state index is 13.0. The number of hydrogen-bond acceptors (Lipinski definition) is 1. The average molecular weight is 209 g/mol. The molecule has 0 fully saturated rings. The zero-order valence-corrected chi connectivity index (χ0v) is 9.30. The average Bonchev–Trinajstić information content (AvgIpc) is 2.15. The standard InChI is InChI=1S/C12H16FNO/c1-9(15)14-8-12(2,3)10-5-4-6-11(13)7-10/h4-7H,8H2,1-3H3,(H,14,15). The van der Waals surface area contributed by atoms with Crippen LogP contribution in [0.5, 0.6) is 0 Å². The number of amides is 1. The van der Waals surface area contributed by atoms with Gasteiger partial charge < -0.3 is 5.32 Å². The van der Waals surface area contributed by atoms with Gasteiger partial charge in [-0.3, -0.25) is 4.79 Å². The van der Waals surface area contributed by atoms with Crippen LogP contribution in [0.1, 0.15) is 26.3 Å². The molecule has 1 rings (SSSR count). The van der Waals surface area contributed by atoms with E-state index in [1.807, 2.05) is 19.9 Å². The second-order valence-electron chi connectivity index (χ2n) is 4.30. The summed E-state index contributed by atoms with van der Waals surface area (Å²) >= 11 is 0. The molecule has 0 aliphatic heterocycles. The Morgan fingerprint density at radius 2 is 2.13 bits per heavy atom. The molecule has 0 unspecified atom stereocenters. The zero-order valence-electron chi connectivity index (χ0n) is 9.30. The molecule has 1 aromatic rings. The molecular formula is C12H16FNO. The van der Waals surface area contributed by atoms with Crippen LogP contribution in [0.15, 0.2) is 24.3 Å². The smallest absolute Gasteiger partial charge is 0.216 e. The Kier molecular flexibility index (Phi) is 3.45. The summed E-state index contributed by atoms with van der Waals surface area (Å²) in [5.74, 6) is -0.317. The first kappa shape index (κ1) is 11.7. The molecule has 0 atom stereocenters. The molecule has 0 aliphatic carbocycles. The zero-order chi connectivity index (χ0) is 11.5. The molecule has 0 radical (unpaired) electrons. The summed E-state index contributed by atoms with van der Waals surface area (Å²) in [7, 11) is 0. The number of carbonyl (C=O) groups excluding carboxylic acids is 1. The van der Waals surface area contributed by atoms with Gasteiger partial charge >= 0.3 is 0 Å². The van der Waals surface area contributed by atoms with Crippen molar-refractivity contribution in [2.24, 2.45) is 0 Å². The summed E-state index contributed by atoms with van der Waals surface area (Å²) in [5, 5.41) is 2.74. The van der Waals surface area contributed by atoms with E-state index >= 15 is 0 Å². The lowest BCUT2D eigenvalue weighted by atomic mass is 9.84. The van der Waals surface area contributed by atoms with Gasteiger partial charge in [0, 0.05) is 18.9 Å². The molecule has 0 aromatic heterocycles. The Hall–Kier alpha value is -1.38. The van der Waals surface area contributed by atoms with Crippen molar-refractivity contribution in [3.63, 3.8) is 0 Å². The first-order valence-corrected chi connectivity index (χ1v) is 4.92. The van der Waals surface area contributed by atoms with E-state index in [-0.39, 0.29) is 17.1 Å². The summed E-state index contributed by atoms with van der Waals surface area (Å²) in [6, 6.07) is 6.46. The molecule has 0 saturated heterocycles. The van der Waals surface area contributed by atoms with Crippen LogP contribution < -0.4 is 5.32 Å². The minimum atomic E-state index is -0.256. The largest absolute Gasteiger partial charge is 0.355 e. The molecule has 0 heterocycles. The van der Waals surface area contributed by atoms with Gasteiger partial charge in [-0.2, -0.15) is 0 Å². The molecule has 3 heteroatoms. The summed E-state index contributed by atoms with van der Waals surface area (Å²) in [4.78, 5) is 10.8. The third-order valence-corrected chi connectivity index (χ3v) is 2.39. The van der Waals surface area contributed by atoms with Crippen LogP contribution in [0.4, 0.5) is 4.39 Å². The van der Waals surface area contributed by atoms with Crippen LogP contribution in [0.2, 0.25) is 0 Å². The van der Waals surface area contributed by atoms with Gasteiger partial charge in [-0.1, -0.05) is 26.0 Å². The van der Waals surface area contributed by atoms with E-state index in [4.69, 9.17) is 0 Å². The normalized spacial score (nSPS) is 11.2. The van der Waals surface area contributed by atoms with Crippen molar-refractivity contribution in [2.45, 2.75) is 26.2 Å². The first-order chi connectivity index (χ1) is 6.92. The highest BCUT2D eigenvalue weighted by Gasteiger charge is 2.20. The lowest BCUT2D eigenvalue weighted by Gasteiger charge is -2.25. The van der Waals surface area contributed by atoms with Gasteiger partial charge in [-0.05, 0) is 17.7 Å². The molecule has 15 heavy (non-hydrogen) atoms. The summed E-state index contributed by atoms with van der Waals surface area (Å²) in [5.41, 5.74) is 0.629. The Bertz CT molecular complexity index is 360. The van der Waals surface area contributed by atoms with Gasteiger partial charge in [0.05, 0.1) is 0 Å². The predicted octanol–water partition coefficient (Wildman–Crippen LogP) is 2.24. The Morgan fingerprint density at radius 1 is 1.47 bits per heavy atom. The molecule has 0 aliphatic rings. The number of halogens is 1. The Balaban J connectivity index is 2.80. The molecule has 82 valence electrons. The maximum absolute atomic E-state index is 13.0. The van der Waals surface area contributed by atoms with Crippen molar-refractivity contribution in [1.82, 2.24) is 5.32 Å². The van der Waals surface area contributed by atoms with Crippen molar-refractivity contribution in [3.05, 3.63) is 35.6 Å². The van der Waals surface area contributed by atoms with E-state index in [1.54, 1.807) is 6.07 Å². The van der Waals surface area contributed by atoms with Gasteiger partial charge in [-0.15, -0.1) is 0 Å². The van der Waals surface area contributed by atoms with Crippen LogP contribution in [0.25, 0.3) is 0 Å². The molecule has 1 aromatic carbocycles. The highest BCUT2D eigenvalue weighted by atomic mass is 19.1. The first-order valence-electron chi connectivity index (χ1n) is 4.92. The van der Waals surface area contributed by atoms with Gasteiger partial charge in [0.2, 0.25) is 5.91 Å². The Morgan fingerprint density at radius 3 is 2.67 bits per heavy atom. The molecular weight excluding hydrogens is 193 g/mol. The maximum Gasteiger partial charge on any atom is 0.216 e. The summed E-state index contributed by atoms with van der Waals surface area (Å²) < 4.78 is 13.0. The fourth-order valence-corrected chi connectivity index (χ4v) is 1.36. The Labute approximate surface area is 89.5 Å². The lowest BCUT2D eigenvalue weighted by Crippen LogP contribution is -2.35. The van der Waals surface area contributed by atoms with Crippen LogP contribution in [-0.4, -0.2) is 12.5 Å². The second-order valence-corrected chi connectivity index (χ2v) is 4.30. The van der Waals surface area contributed by atoms with E-state index in [0.717, 1.165) is 5.56 Å². The molecule has 0 bridgehead atoms. The number of carbonyl (C=O) groups is 1. The highest BCUT2D eigenvalue weighted by Crippen LogP contribution is 2.22. The number of hydrogen-bond donors (Lipinski definition) is 1. The number of rotatable bonds is 3. The van der Waals surface area contributed by atoms with Gasteiger partial charge in [0.15, 0.2) is 0 Å². The van der Waals surface area contributed by atoms with Crippen LogP contribution in [0.3, 0.4) is 0 Å². The third-order valence-electron chi connectivity index (χ3n) is 2.39. The van der Waals surface area contributed by atoms with Crippen LogP contribution in [0, 0.1) is 5.82 Å². The second kappa shape index (κ2) is 4.43. The van der Waals surface area contributed by atoms with E-state index in [0.29, 0.717) is 6.54 Å². The third kappa shape index (κ3) is 3.35. The van der Waals surface area contributed by atoms with Crippen molar-refractivity contribution in [2.75, 3.05) is 6.54 Å². The van der Waals surface area contributed by atoms with E-state index in [2.05, 4.69) is 5.32 Å². The van der Waals surface area contributed by atoms with Crippen molar-refractivity contribution < 1.29 is 9.18 Å². The van der Waals surface area contributed by atoms with E-state index in [1.165, 1.54) is 19.1 Å². The number of nitrogens with one attached hydrogen (secondary N) is 1. The molecule has 2 nitrogen and oxygen atoms in total. The van der Waals surface area contributed by atoms with Crippen LogP contribution >= 0.6 is 0 Å². The molecule has 1 N–H and O–H groups in total. The minimum Gasteiger partial charge on any atom is -0.355 e. The molecule has 0 spiro atoms. The quantitative estimate of drug-likeness (QED) is 0.812. The van der Waals surface area contributed by atoms with Crippen molar-refractivity contribution >= 4 is 5.91 Å². The summed E-state index contributed by atoms with van der Waals surface area (Å²) in [6.45, 7) is 5.92. The molecule has 1 amide bonds. The fourth-order valence-electron chi connectivity index (χ4n) is 1.36. The highest BCUT2D eigenvalue weighted by molar-refractivity contribution is 5.72. The minimum absolute atomic E-state index is 0.0699. The van der Waals surface area contributed by atoms with E-state index in [9.17, 15) is 9.18 Å². The van der Waals surface area contributed by atoms with E-state index < -0.39 is 0 Å². The van der Waals surface area contributed by atoms with Crippen molar-refractivity contribution in [1.29, 1.82) is 0 Å². The van der Waals surface area contributed by atoms with Gasteiger partial charge in [0.25, 0.3) is 0 Å². The SMILES string of the molecule is CC(=O)NCC(C)(C)c1cccc(F)c1. The van der Waals surface area contributed by atoms with Gasteiger partial charge in [-0.25, -0.2) is 4.39 Å².